The summed E-state index contributed by atoms with van der Waals surface area (Å²) in [7, 11) is 0. The number of rotatable bonds is 24. The minimum Gasteiger partial charge on any atom is -0.479 e. The lowest BCUT2D eigenvalue weighted by atomic mass is 10.1. The SMILES string of the molecule is CC(OCCOCNC(=O)CNC(=O)[C@H](Cc1ccccc1)NC(=O)CNC(=O)CNC(CCCCCN1C(=O)C=CC1=O)C(F)(F)F)C(=O)O. The molecule has 0 saturated heterocycles. The molecule has 19 heteroatoms. The molecule has 0 fully saturated rings. The molecule has 0 radical (unpaired) electrons. The van der Waals surface area contributed by atoms with E-state index in [-0.39, 0.29) is 45.8 Å². The number of hydrogen-bond donors (Lipinski definition) is 6. The van der Waals surface area contributed by atoms with Crippen molar-refractivity contribution in [2.45, 2.75) is 63.4 Å². The van der Waals surface area contributed by atoms with Crippen LogP contribution in [0.15, 0.2) is 42.5 Å². The number of carbonyl (C=O) groups excluding carboxylic acids is 6. The number of halogens is 3. The Morgan fingerprint density at radius 1 is 0.843 bits per heavy atom. The Kier molecular flexibility index (Phi) is 18.3. The van der Waals surface area contributed by atoms with Crippen LogP contribution in [-0.2, 0) is 49.5 Å². The highest BCUT2D eigenvalue weighted by atomic mass is 19.4. The van der Waals surface area contributed by atoms with Crippen LogP contribution >= 0.6 is 0 Å². The normalized spacial score (nSPS) is 14.5. The Labute approximate surface area is 291 Å². The predicted molar refractivity (Wildman–Crippen MR) is 172 cm³/mol. The van der Waals surface area contributed by atoms with Gasteiger partial charge in [-0.2, -0.15) is 13.2 Å². The van der Waals surface area contributed by atoms with Gasteiger partial charge in [0.25, 0.3) is 11.8 Å². The van der Waals surface area contributed by atoms with Gasteiger partial charge in [-0.3, -0.25) is 39.0 Å². The van der Waals surface area contributed by atoms with Crippen molar-refractivity contribution in [3.8, 4) is 0 Å². The van der Waals surface area contributed by atoms with Crippen LogP contribution in [0.5, 0.6) is 0 Å². The number of alkyl halides is 3. The van der Waals surface area contributed by atoms with Gasteiger partial charge in [0.1, 0.15) is 18.8 Å². The average molecular weight is 729 g/mol. The fourth-order valence-corrected chi connectivity index (χ4v) is 4.50. The fourth-order valence-electron chi connectivity index (χ4n) is 4.50. The Hall–Kier alpha value is -4.88. The minimum absolute atomic E-state index is 0.00192. The quantitative estimate of drug-likeness (QED) is 0.0454. The number of carboxylic acids is 1. The second kappa shape index (κ2) is 22.0. The number of nitrogens with zero attached hydrogens (tertiary/aromatic N) is 1. The van der Waals surface area contributed by atoms with Crippen molar-refractivity contribution >= 4 is 41.4 Å². The zero-order valence-electron chi connectivity index (χ0n) is 28.0. The number of imide groups is 1. The predicted octanol–water partition coefficient (Wildman–Crippen LogP) is -0.468. The molecule has 1 aliphatic heterocycles. The van der Waals surface area contributed by atoms with Crippen molar-refractivity contribution in [2.24, 2.45) is 0 Å². The molecule has 1 heterocycles. The van der Waals surface area contributed by atoms with Crippen molar-refractivity contribution in [1.82, 2.24) is 31.5 Å². The van der Waals surface area contributed by atoms with Crippen LogP contribution in [0.3, 0.4) is 0 Å². The number of aliphatic carboxylic acids is 1. The number of ether oxygens (including phenoxy) is 2. The van der Waals surface area contributed by atoms with Gasteiger partial charge in [0.15, 0.2) is 6.10 Å². The molecule has 1 aromatic carbocycles. The van der Waals surface area contributed by atoms with Crippen LogP contribution in [0, 0.1) is 0 Å². The smallest absolute Gasteiger partial charge is 0.403 e. The van der Waals surface area contributed by atoms with Crippen LogP contribution in [0.1, 0.15) is 38.2 Å². The summed E-state index contributed by atoms with van der Waals surface area (Å²) in [6, 6.07) is 5.38. The topological polar surface area (TPSA) is 222 Å². The molecule has 0 aromatic heterocycles. The molecule has 0 aliphatic carbocycles. The maximum atomic E-state index is 13.6. The fraction of sp³-hybridized carbons (Fsp3) is 0.531. The van der Waals surface area contributed by atoms with E-state index in [1.54, 1.807) is 30.3 Å². The first-order valence-corrected chi connectivity index (χ1v) is 16.1. The summed E-state index contributed by atoms with van der Waals surface area (Å²) < 4.78 is 50.8. The third-order valence-corrected chi connectivity index (χ3v) is 7.30. The van der Waals surface area contributed by atoms with Gasteiger partial charge in [0, 0.05) is 25.1 Å². The van der Waals surface area contributed by atoms with Crippen molar-refractivity contribution in [2.75, 3.05) is 46.1 Å². The Bertz CT molecular complexity index is 1360. The average Bonchev–Trinajstić information content (AvgIpc) is 3.40. The van der Waals surface area contributed by atoms with E-state index in [2.05, 4.69) is 26.6 Å². The van der Waals surface area contributed by atoms with Gasteiger partial charge in [-0.1, -0.05) is 43.2 Å². The lowest BCUT2D eigenvalue weighted by Crippen LogP contribution is -2.52. The van der Waals surface area contributed by atoms with Crippen molar-refractivity contribution in [3.63, 3.8) is 0 Å². The van der Waals surface area contributed by atoms with E-state index in [1.807, 2.05) is 0 Å². The van der Waals surface area contributed by atoms with Gasteiger partial charge in [-0.15, -0.1) is 0 Å². The van der Waals surface area contributed by atoms with Crippen molar-refractivity contribution in [1.29, 1.82) is 0 Å². The Balaban J connectivity index is 1.76. The molecule has 51 heavy (non-hydrogen) atoms. The van der Waals surface area contributed by atoms with Crippen LogP contribution in [0.2, 0.25) is 0 Å². The van der Waals surface area contributed by atoms with Crippen LogP contribution in [0.4, 0.5) is 13.2 Å². The number of unbranched alkanes of at least 4 members (excludes halogenated alkanes) is 2. The molecule has 282 valence electrons. The standard InChI is InChI=1S/C32H43F3N6O10/c1-21(31(48)49)51-15-14-50-20-39-26(43)18-38-30(47)23(16-22-8-4-2-5-9-22)40-27(44)19-37-25(42)17-36-24(32(33,34)35)10-6-3-7-13-41-28(45)11-12-29(41)46/h2,4-5,8-9,11-12,21,23-24,36H,3,6-7,10,13-20H2,1H3,(H,37,42)(H,38,47)(H,39,43)(H,40,44)(H,48,49)/t21?,23-,24?/m0/s1. The van der Waals surface area contributed by atoms with Crippen molar-refractivity contribution in [3.05, 3.63) is 48.0 Å². The van der Waals surface area contributed by atoms with E-state index in [0.29, 0.717) is 18.4 Å². The van der Waals surface area contributed by atoms with E-state index in [4.69, 9.17) is 14.6 Å². The number of benzene rings is 1. The highest BCUT2D eigenvalue weighted by molar-refractivity contribution is 6.12. The van der Waals surface area contributed by atoms with Gasteiger partial charge in [0.05, 0.1) is 32.8 Å². The number of amides is 6. The highest BCUT2D eigenvalue weighted by Gasteiger charge is 2.39. The van der Waals surface area contributed by atoms with E-state index in [1.165, 1.54) is 6.92 Å². The summed E-state index contributed by atoms with van der Waals surface area (Å²) in [5.41, 5.74) is 0.664. The summed E-state index contributed by atoms with van der Waals surface area (Å²) in [6.07, 6.45) is -3.05. The molecular formula is C32H43F3N6O10. The van der Waals surface area contributed by atoms with E-state index in [0.717, 1.165) is 17.1 Å². The monoisotopic (exact) mass is 728 g/mol. The summed E-state index contributed by atoms with van der Waals surface area (Å²) in [4.78, 5) is 84.8. The van der Waals surface area contributed by atoms with Gasteiger partial charge in [-0.25, -0.2) is 4.79 Å². The number of nitrogens with one attached hydrogen (secondary N) is 5. The first-order chi connectivity index (χ1) is 24.2. The molecule has 0 spiro atoms. The molecular weight excluding hydrogens is 685 g/mol. The largest absolute Gasteiger partial charge is 0.479 e. The maximum Gasteiger partial charge on any atom is 0.403 e. The van der Waals surface area contributed by atoms with Gasteiger partial charge in [-0.05, 0) is 25.3 Å². The summed E-state index contributed by atoms with van der Waals surface area (Å²) in [6.45, 7) is -0.706. The van der Waals surface area contributed by atoms with Crippen LogP contribution in [0.25, 0.3) is 0 Å². The van der Waals surface area contributed by atoms with Gasteiger partial charge < -0.3 is 35.8 Å². The molecule has 1 aromatic rings. The molecule has 0 bridgehead atoms. The number of hydrogen-bond acceptors (Lipinski definition) is 10. The molecule has 3 atom stereocenters. The van der Waals surface area contributed by atoms with Crippen LogP contribution in [-0.4, -0.2) is 122 Å². The summed E-state index contributed by atoms with van der Waals surface area (Å²) >= 11 is 0. The van der Waals surface area contributed by atoms with E-state index < -0.39 is 85.4 Å². The number of carboxylic acid groups (broad SMARTS) is 1. The lowest BCUT2D eigenvalue weighted by Gasteiger charge is -2.22. The molecule has 16 nitrogen and oxygen atoms in total. The highest BCUT2D eigenvalue weighted by Crippen LogP contribution is 2.24. The Morgan fingerprint density at radius 2 is 1.49 bits per heavy atom. The molecule has 2 rings (SSSR count). The third kappa shape index (κ3) is 17.1. The Morgan fingerprint density at radius 3 is 2.14 bits per heavy atom. The minimum atomic E-state index is -4.67. The molecule has 1 aliphatic rings. The molecule has 6 N–H and O–H groups in total. The molecule has 0 saturated carbocycles. The summed E-state index contributed by atoms with van der Waals surface area (Å²) in [5, 5.41) is 20.3. The van der Waals surface area contributed by atoms with E-state index >= 15 is 0 Å². The van der Waals surface area contributed by atoms with Gasteiger partial charge in [0.2, 0.25) is 23.6 Å². The first-order valence-electron chi connectivity index (χ1n) is 16.1. The second-order valence-electron chi connectivity index (χ2n) is 11.3. The lowest BCUT2D eigenvalue weighted by molar-refractivity contribution is -0.158. The maximum absolute atomic E-state index is 13.6. The zero-order chi connectivity index (χ0) is 37.8. The summed E-state index contributed by atoms with van der Waals surface area (Å²) in [5.74, 6) is -5.14. The van der Waals surface area contributed by atoms with E-state index in [9.17, 15) is 46.7 Å². The number of carbonyl (C=O) groups is 7. The van der Waals surface area contributed by atoms with Crippen molar-refractivity contribution < 1.29 is 61.3 Å². The molecule has 2 unspecified atom stereocenters. The van der Waals surface area contributed by atoms with Gasteiger partial charge >= 0.3 is 12.1 Å². The molecule has 6 amide bonds. The second-order valence-corrected chi connectivity index (χ2v) is 11.3. The van der Waals surface area contributed by atoms with Crippen LogP contribution < -0.4 is 26.6 Å². The first kappa shape index (κ1) is 42.3. The third-order valence-electron chi connectivity index (χ3n) is 7.30. The zero-order valence-corrected chi connectivity index (χ0v) is 28.0.